The SMILES string of the molecule is CC(=O)N1CCN(Cc2ccccc2)C[C@H]1Cc1ccc(-c2nnn[nH]2)cc1. The number of hydrogen-bond acceptors (Lipinski definition) is 5. The zero-order valence-electron chi connectivity index (χ0n) is 16.0. The standard InChI is InChI=1S/C21H24N6O/c1-16(28)27-12-11-26(14-18-5-3-2-4-6-18)15-20(27)13-17-7-9-19(10-8-17)21-22-24-25-23-21/h2-10,20H,11-15H2,1H3,(H,22,23,24,25)/t20-/m1/s1. The summed E-state index contributed by atoms with van der Waals surface area (Å²) in [4.78, 5) is 16.6. The van der Waals surface area contributed by atoms with Crippen LogP contribution in [0.15, 0.2) is 54.6 Å². The first-order chi connectivity index (χ1) is 13.7. The highest BCUT2D eigenvalue weighted by atomic mass is 16.2. The van der Waals surface area contributed by atoms with Gasteiger partial charge in [0.2, 0.25) is 5.91 Å². The average molecular weight is 376 g/mol. The van der Waals surface area contributed by atoms with E-state index in [1.807, 2.05) is 23.1 Å². The number of carbonyl (C=O) groups excluding carboxylic acids is 1. The van der Waals surface area contributed by atoms with Crippen molar-refractivity contribution < 1.29 is 4.79 Å². The Kier molecular flexibility index (Phi) is 5.43. The summed E-state index contributed by atoms with van der Waals surface area (Å²) < 4.78 is 0. The fraction of sp³-hybridized carbons (Fsp3) is 0.333. The van der Waals surface area contributed by atoms with Crippen molar-refractivity contribution in [3.63, 3.8) is 0 Å². The molecule has 1 fully saturated rings. The molecule has 1 saturated heterocycles. The molecule has 0 aliphatic carbocycles. The number of aromatic nitrogens is 4. The third-order valence-corrected chi connectivity index (χ3v) is 5.26. The predicted molar refractivity (Wildman–Crippen MR) is 106 cm³/mol. The lowest BCUT2D eigenvalue weighted by Crippen LogP contribution is -2.55. The number of piperazine rings is 1. The highest BCUT2D eigenvalue weighted by molar-refractivity contribution is 5.73. The number of hydrogen-bond donors (Lipinski definition) is 1. The first kappa shape index (κ1) is 18.3. The van der Waals surface area contributed by atoms with E-state index in [1.54, 1.807) is 6.92 Å². The van der Waals surface area contributed by atoms with E-state index < -0.39 is 0 Å². The number of aromatic amines is 1. The Morgan fingerprint density at radius 1 is 1.07 bits per heavy atom. The van der Waals surface area contributed by atoms with Crippen LogP contribution in [-0.2, 0) is 17.8 Å². The van der Waals surface area contributed by atoms with Crippen molar-refractivity contribution in [2.75, 3.05) is 19.6 Å². The van der Waals surface area contributed by atoms with Gasteiger partial charge in [0.1, 0.15) is 0 Å². The molecule has 0 saturated carbocycles. The van der Waals surface area contributed by atoms with Crippen molar-refractivity contribution in [1.29, 1.82) is 0 Å². The minimum atomic E-state index is 0.147. The van der Waals surface area contributed by atoms with Crippen LogP contribution in [0.1, 0.15) is 18.1 Å². The van der Waals surface area contributed by atoms with Crippen LogP contribution >= 0.6 is 0 Å². The molecule has 7 nitrogen and oxygen atoms in total. The van der Waals surface area contributed by atoms with Gasteiger partial charge in [-0.2, -0.15) is 0 Å². The molecule has 2 heterocycles. The Morgan fingerprint density at radius 3 is 2.54 bits per heavy atom. The van der Waals surface area contributed by atoms with E-state index in [2.05, 4.69) is 61.9 Å². The number of nitrogens with one attached hydrogen (secondary N) is 1. The molecule has 4 rings (SSSR count). The zero-order chi connectivity index (χ0) is 19.3. The summed E-state index contributed by atoms with van der Waals surface area (Å²) in [5.74, 6) is 0.803. The fourth-order valence-electron chi connectivity index (χ4n) is 3.85. The van der Waals surface area contributed by atoms with Crippen LogP contribution in [-0.4, -0.2) is 62.0 Å². The molecular weight excluding hydrogens is 352 g/mol. The second-order valence-electron chi connectivity index (χ2n) is 7.24. The highest BCUT2D eigenvalue weighted by Gasteiger charge is 2.28. The lowest BCUT2D eigenvalue weighted by atomic mass is 10.00. The van der Waals surface area contributed by atoms with Crippen LogP contribution in [0.2, 0.25) is 0 Å². The topological polar surface area (TPSA) is 78.0 Å². The Labute approximate surface area is 164 Å². The fourth-order valence-corrected chi connectivity index (χ4v) is 3.85. The van der Waals surface area contributed by atoms with Gasteiger partial charge in [-0.3, -0.25) is 9.69 Å². The molecule has 1 aliphatic rings. The van der Waals surface area contributed by atoms with Gasteiger partial charge in [-0.05, 0) is 28.0 Å². The van der Waals surface area contributed by atoms with Gasteiger partial charge in [0.05, 0.1) is 0 Å². The van der Waals surface area contributed by atoms with Crippen molar-refractivity contribution >= 4 is 5.91 Å². The minimum Gasteiger partial charge on any atom is -0.337 e. The third kappa shape index (κ3) is 4.26. The second-order valence-corrected chi connectivity index (χ2v) is 7.24. The highest BCUT2D eigenvalue weighted by Crippen LogP contribution is 2.20. The monoisotopic (exact) mass is 376 g/mol. The molecular formula is C21H24N6O. The molecule has 0 unspecified atom stereocenters. The Hall–Kier alpha value is -3.06. The van der Waals surface area contributed by atoms with Crippen molar-refractivity contribution in [2.24, 2.45) is 0 Å². The predicted octanol–water partition coefficient (Wildman–Crippen LogP) is 2.14. The smallest absolute Gasteiger partial charge is 0.219 e. The van der Waals surface area contributed by atoms with Gasteiger partial charge in [-0.25, -0.2) is 5.10 Å². The normalized spacial score (nSPS) is 17.6. The third-order valence-electron chi connectivity index (χ3n) is 5.26. The molecule has 144 valence electrons. The van der Waals surface area contributed by atoms with E-state index in [4.69, 9.17) is 0 Å². The molecule has 1 atom stereocenters. The van der Waals surface area contributed by atoms with Crippen LogP contribution in [0.5, 0.6) is 0 Å². The van der Waals surface area contributed by atoms with E-state index in [-0.39, 0.29) is 11.9 Å². The van der Waals surface area contributed by atoms with Gasteiger partial charge in [-0.15, -0.1) is 5.10 Å². The molecule has 1 N–H and O–H groups in total. The van der Waals surface area contributed by atoms with Gasteiger partial charge in [0, 0.05) is 44.7 Å². The van der Waals surface area contributed by atoms with Gasteiger partial charge in [-0.1, -0.05) is 54.6 Å². The summed E-state index contributed by atoms with van der Waals surface area (Å²) >= 11 is 0. The molecule has 7 heteroatoms. The largest absolute Gasteiger partial charge is 0.337 e. The number of amides is 1. The Bertz CT molecular complexity index is 894. The van der Waals surface area contributed by atoms with Gasteiger partial charge in [0.25, 0.3) is 0 Å². The number of nitrogens with zero attached hydrogens (tertiary/aromatic N) is 5. The first-order valence-corrected chi connectivity index (χ1v) is 9.55. The van der Waals surface area contributed by atoms with Crippen LogP contribution in [0.4, 0.5) is 0 Å². The molecule has 1 aliphatic heterocycles. The summed E-state index contributed by atoms with van der Waals surface area (Å²) in [5, 5.41) is 13.9. The Morgan fingerprint density at radius 2 is 1.86 bits per heavy atom. The van der Waals surface area contributed by atoms with Crippen LogP contribution in [0.25, 0.3) is 11.4 Å². The van der Waals surface area contributed by atoms with Crippen molar-refractivity contribution in [2.45, 2.75) is 25.9 Å². The molecule has 3 aromatic rings. The molecule has 2 aromatic carbocycles. The van der Waals surface area contributed by atoms with Crippen LogP contribution in [0.3, 0.4) is 0 Å². The van der Waals surface area contributed by atoms with Crippen molar-refractivity contribution in [1.82, 2.24) is 30.4 Å². The number of carbonyl (C=O) groups is 1. The van der Waals surface area contributed by atoms with Crippen molar-refractivity contribution in [3.05, 3.63) is 65.7 Å². The summed E-state index contributed by atoms with van der Waals surface area (Å²) in [6.07, 6.45) is 0.833. The van der Waals surface area contributed by atoms with Gasteiger partial charge >= 0.3 is 0 Å². The molecule has 1 amide bonds. The molecule has 0 bridgehead atoms. The van der Waals surface area contributed by atoms with E-state index in [9.17, 15) is 4.79 Å². The summed E-state index contributed by atoms with van der Waals surface area (Å²) in [6, 6.07) is 18.9. The first-order valence-electron chi connectivity index (χ1n) is 9.55. The number of rotatable bonds is 5. The number of tetrazole rings is 1. The van der Waals surface area contributed by atoms with Gasteiger partial charge in [0.15, 0.2) is 5.82 Å². The minimum absolute atomic E-state index is 0.147. The number of H-pyrrole nitrogens is 1. The van der Waals surface area contributed by atoms with Crippen LogP contribution < -0.4 is 0 Å². The molecule has 1 aromatic heterocycles. The summed E-state index contributed by atoms with van der Waals surface area (Å²) in [7, 11) is 0. The summed E-state index contributed by atoms with van der Waals surface area (Å²) in [5.41, 5.74) is 3.46. The van der Waals surface area contributed by atoms with E-state index in [0.717, 1.165) is 38.2 Å². The molecule has 0 spiro atoms. The second kappa shape index (κ2) is 8.31. The molecule has 28 heavy (non-hydrogen) atoms. The van der Waals surface area contributed by atoms with E-state index >= 15 is 0 Å². The molecule has 0 radical (unpaired) electrons. The maximum Gasteiger partial charge on any atom is 0.219 e. The Balaban J connectivity index is 1.45. The summed E-state index contributed by atoms with van der Waals surface area (Å²) in [6.45, 7) is 5.14. The van der Waals surface area contributed by atoms with E-state index in [1.165, 1.54) is 11.1 Å². The van der Waals surface area contributed by atoms with Crippen LogP contribution in [0, 0.1) is 0 Å². The number of benzene rings is 2. The maximum atomic E-state index is 12.2. The quantitative estimate of drug-likeness (QED) is 0.738. The maximum absolute atomic E-state index is 12.2. The lowest BCUT2D eigenvalue weighted by Gasteiger charge is -2.41. The average Bonchev–Trinajstić information content (AvgIpc) is 3.24. The van der Waals surface area contributed by atoms with Gasteiger partial charge < -0.3 is 4.90 Å². The lowest BCUT2D eigenvalue weighted by molar-refractivity contribution is -0.133. The zero-order valence-corrected chi connectivity index (χ0v) is 16.0. The van der Waals surface area contributed by atoms with E-state index in [0.29, 0.717) is 5.82 Å². The van der Waals surface area contributed by atoms with Crippen molar-refractivity contribution in [3.8, 4) is 11.4 Å².